The zero-order chi connectivity index (χ0) is 25.3. The van der Waals surface area contributed by atoms with Gasteiger partial charge in [-0.15, -0.1) is 0 Å². The Hall–Kier alpha value is -3.14. The molecule has 2 rings (SSSR count). The number of hydrogen-bond donors (Lipinski definition) is 1. The minimum atomic E-state index is -3.87. The van der Waals surface area contributed by atoms with Gasteiger partial charge in [0.1, 0.15) is 24.2 Å². The largest absolute Gasteiger partial charge is 0.495 e. The van der Waals surface area contributed by atoms with Crippen LogP contribution in [-0.2, 0) is 26.2 Å². The number of benzene rings is 2. The maximum atomic E-state index is 13.4. The van der Waals surface area contributed by atoms with Gasteiger partial charge in [-0.1, -0.05) is 37.6 Å². The summed E-state index contributed by atoms with van der Waals surface area (Å²) in [7, 11) is -2.46. The zero-order valence-electron chi connectivity index (χ0n) is 20.0. The molecule has 2 amide bonds. The van der Waals surface area contributed by atoms with Crippen LogP contribution in [-0.4, -0.2) is 57.6 Å². The van der Waals surface area contributed by atoms with Gasteiger partial charge in [-0.3, -0.25) is 13.9 Å². The number of unbranched alkanes of at least 4 members (excludes halogenated alkanes) is 1. The number of anilines is 1. The standard InChI is InChI=1S/C24H32FN3O5S/c1-5-6-15-26-24(30)18(2)27(16-19-11-13-20(25)14-12-19)23(29)17-28(34(4,31)32)21-9-7-8-10-22(21)33-3/h7-14,18H,5-6,15-17H2,1-4H3,(H,26,30)/t18-/m0/s1. The normalized spacial score (nSPS) is 12.0. The van der Waals surface area contributed by atoms with Crippen molar-refractivity contribution in [1.29, 1.82) is 0 Å². The van der Waals surface area contributed by atoms with Crippen LogP contribution in [0.4, 0.5) is 10.1 Å². The number of nitrogens with zero attached hydrogens (tertiary/aromatic N) is 2. The van der Waals surface area contributed by atoms with Gasteiger partial charge in [-0.05, 0) is 43.2 Å². The summed E-state index contributed by atoms with van der Waals surface area (Å²) in [6, 6.07) is 11.2. The highest BCUT2D eigenvalue weighted by molar-refractivity contribution is 7.92. The van der Waals surface area contributed by atoms with Crippen LogP contribution in [0.15, 0.2) is 48.5 Å². The molecule has 0 radical (unpaired) electrons. The molecule has 2 aromatic carbocycles. The van der Waals surface area contributed by atoms with Crippen molar-refractivity contribution in [3.63, 3.8) is 0 Å². The van der Waals surface area contributed by atoms with E-state index in [1.165, 1.54) is 36.3 Å². The van der Waals surface area contributed by atoms with Gasteiger partial charge in [-0.25, -0.2) is 12.8 Å². The number of sulfonamides is 1. The number of halogens is 1. The van der Waals surface area contributed by atoms with Crippen molar-refractivity contribution < 1.29 is 27.1 Å². The number of carbonyl (C=O) groups is 2. The lowest BCUT2D eigenvalue weighted by Crippen LogP contribution is -2.51. The summed E-state index contributed by atoms with van der Waals surface area (Å²) in [6.07, 6.45) is 2.69. The Kier molecular flexibility index (Phi) is 9.85. The number of ether oxygens (including phenoxy) is 1. The van der Waals surface area contributed by atoms with Crippen molar-refractivity contribution in [2.75, 3.05) is 30.8 Å². The summed E-state index contributed by atoms with van der Waals surface area (Å²) in [4.78, 5) is 27.5. The van der Waals surface area contributed by atoms with E-state index in [0.29, 0.717) is 12.1 Å². The van der Waals surface area contributed by atoms with Gasteiger partial charge in [0.05, 0.1) is 19.1 Å². The molecule has 0 spiro atoms. The Morgan fingerprint density at radius 3 is 2.35 bits per heavy atom. The first-order valence-corrected chi connectivity index (χ1v) is 12.9. The summed E-state index contributed by atoms with van der Waals surface area (Å²) >= 11 is 0. The summed E-state index contributed by atoms with van der Waals surface area (Å²) in [5.41, 5.74) is 0.814. The summed E-state index contributed by atoms with van der Waals surface area (Å²) < 4.78 is 44.8. The third-order valence-electron chi connectivity index (χ3n) is 5.30. The first-order chi connectivity index (χ1) is 16.1. The molecule has 0 aliphatic carbocycles. The molecule has 1 N–H and O–H groups in total. The van der Waals surface area contributed by atoms with Crippen molar-refractivity contribution in [2.24, 2.45) is 0 Å². The van der Waals surface area contributed by atoms with E-state index in [4.69, 9.17) is 4.74 Å². The lowest BCUT2D eigenvalue weighted by Gasteiger charge is -2.31. The molecule has 8 nitrogen and oxygen atoms in total. The highest BCUT2D eigenvalue weighted by Crippen LogP contribution is 2.29. The number of rotatable bonds is 12. The second-order valence-electron chi connectivity index (χ2n) is 7.91. The van der Waals surface area contributed by atoms with E-state index in [9.17, 15) is 22.4 Å². The quantitative estimate of drug-likeness (QED) is 0.459. The van der Waals surface area contributed by atoms with E-state index in [-0.39, 0.29) is 23.9 Å². The molecule has 0 bridgehead atoms. The predicted octanol–water partition coefficient (Wildman–Crippen LogP) is 2.93. The molecule has 10 heteroatoms. The second kappa shape index (κ2) is 12.4. The Morgan fingerprint density at radius 2 is 1.76 bits per heavy atom. The van der Waals surface area contributed by atoms with Crippen molar-refractivity contribution in [2.45, 2.75) is 39.3 Å². The van der Waals surface area contributed by atoms with E-state index < -0.39 is 34.3 Å². The highest BCUT2D eigenvalue weighted by atomic mass is 32.2. The summed E-state index contributed by atoms with van der Waals surface area (Å²) in [5, 5.41) is 2.80. The molecule has 0 aliphatic heterocycles. The Balaban J connectivity index is 2.37. The topological polar surface area (TPSA) is 96.0 Å². The lowest BCUT2D eigenvalue weighted by atomic mass is 10.1. The molecule has 0 heterocycles. The highest BCUT2D eigenvalue weighted by Gasteiger charge is 2.31. The van der Waals surface area contributed by atoms with Crippen molar-refractivity contribution >= 4 is 27.5 Å². The van der Waals surface area contributed by atoms with E-state index in [0.717, 1.165) is 23.4 Å². The maximum absolute atomic E-state index is 13.4. The summed E-state index contributed by atoms with van der Waals surface area (Å²) in [5.74, 6) is -1.08. The smallest absolute Gasteiger partial charge is 0.244 e. The maximum Gasteiger partial charge on any atom is 0.244 e. The van der Waals surface area contributed by atoms with Crippen LogP contribution in [0.5, 0.6) is 5.75 Å². The Morgan fingerprint density at radius 1 is 1.12 bits per heavy atom. The molecule has 0 saturated carbocycles. The fourth-order valence-electron chi connectivity index (χ4n) is 3.34. The van der Waals surface area contributed by atoms with Gasteiger partial charge in [-0.2, -0.15) is 0 Å². The van der Waals surface area contributed by atoms with Crippen LogP contribution in [0.3, 0.4) is 0 Å². The average Bonchev–Trinajstić information content (AvgIpc) is 2.81. The molecule has 34 heavy (non-hydrogen) atoms. The number of para-hydroxylation sites is 2. The monoisotopic (exact) mass is 493 g/mol. The van der Waals surface area contributed by atoms with Crippen molar-refractivity contribution in [3.8, 4) is 5.75 Å². The molecule has 0 aliphatic rings. The first kappa shape index (κ1) is 27.1. The third kappa shape index (κ3) is 7.44. The van der Waals surface area contributed by atoms with Crippen LogP contribution in [0.25, 0.3) is 0 Å². The van der Waals surface area contributed by atoms with Gasteiger partial charge < -0.3 is 15.0 Å². The van der Waals surface area contributed by atoms with E-state index in [1.54, 1.807) is 31.2 Å². The predicted molar refractivity (Wildman–Crippen MR) is 130 cm³/mol. The fraction of sp³-hybridized carbons (Fsp3) is 0.417. The van der Waals surface area contributed by atoms with Crippen molar-refractivity contribution in [1.82, 2.24) is 10.2 Å². The summed E-state index contributed by atoms with van der Waals surface area (Å²) in [6.45, 7) is 3.51. The van der Waals surface area contributed by atoms with E-state index in [1.807, 2.05) is 6.92 Å². The minimum absolute atomic E-state index is 0.00496. The zero-order valence-corrected chi connectivity index (χ0v) is 20.8. The van der Waals surface area contributed by atoms with Crippen LogP contribution in [0.2, 0.25) is 0 Å². The molecular formula is C24H32FN3O5S. The average molecular weight is 494 g/mol. The van der Waals surface area contributed by atoms with Crippen LogP contribution < -0.4 is 14.4 Å². The first-order valence-electron chi connectivity index (χ1n) is 11.0. The van der Waals surface area contributed by atoms with Crippen LogP contribution in [0.1, 0.15) is 32.3 Å². The molecule has 0 saturated heterocycles. The van der Waals surface area contributed by atoms with Gasteiger partial charge in [0.25, 0.3) is 0 Å². The van der Waals surface area contributed by atoms with Gasteiger partial charge in [0.2, 0.25) is 21.8 Å². The Labute approximate surface area is 200 Å². The molecule has 0 aromatic heterocycles. The van der Waals surface area contributed by atoms with Crippen molar-refractivity contribution in [3.05, 3.63) is 59.9 Å². The van der Waals surface area contributed by atoms with Gasteiger partial charge in [0, 0.05) is 13.1 Å². The van der Waals surface area contributed by atoms with Crippen LogP contribution >= 0.6 is 0 Å². The van der Waals surface area contributed by atoms with E-state index >= 15 is 0 Å². The van der Waals surface area contributed by atoms with Gasteiger partial charge in [0.15, 0.2) is 0 Å². The van der Waals surface area contributed by atoms with Gasteiger partial charge >= 0.3 is 0 Å². The molecule has 0 fully saturated rings. The Bertz CT molecular complexity index is 1080. The lowest BCUT2D eigenvalue weighted by molar-refractivity contribution is -0.139. The molecular weight excluding hydrogens is 461 g/mol. The van der Waals surface area contributed by atoms with E-state index in [2.05, 4.69) is 5.32 Å². The second-order valence-corrected chi connectivity index (χ2v) is 9.82. The number of methoxy groups -OCH3 is 1. The number of carbonyl (C=O) groups excluding carboxylic acids is 2. The molecule has 2 aromatic rings. The number of nitrogens with one attached hydrogen (secondary N) is 1. The SMILES string of the molecule is CCCCNC(=O)[C@H](C)N(Cc1ccc(F)cc1)C(=O)CN(c1ccccc1OC)S(C)(=O)=O. The molecule has 186 valence electrons. The minimum Gasteiger partial charge on any atom is -0.495 e. The third-order valence-corrected chi connectivity index (χ3v) is 6.42. The molecule has 0 unspecified atom stereocenters. The number of hydrogen-bond acceptors (Lipinski definition) is 5. The fourth-order valence-corrected chi connectivity index (χ4v) is 4.19. The number of amides is 2. The van der Waals surface area contributed by atoms with Crippen LogP contribution in [0, 0.1) is 5.82 Å². The molecule has 1 atom stereocenters.